The summed E-state index contributed by atoms with van der Waals surface area (Å²) in [6.45, 7) is 9.65. The fraction of sp³-hybridized carbons (Fsp3) is 0.786. The first kappa shape index (κ1) is 21.1. The summed E-state index contributed by atoms with van der Waals surface area (Å²) in [5.74, 6) is 2.48. The highest BCUT2D eigenvalue weighted by molar-refractivity contribution is 14.0. The maximum absolute atomic E-state index is 5.52. The minimum absolute atomic E-state index is 0. The average molecular weight is 424 g/mol. The second-order valence-corrected chi connectivity index (χ2v) is 6.12. The molecule has 0 aromatic carbocycles. The molecular formula is C14H29IN6O. The van der Waals surface area contributed by atoms with Gasteiger partial charge in [-0.2, -0.15) is 0 Å². The molecule has 0 bridgehead atoms. The van der Waals surface area contributed by atoms with E-state index < -0.39 is 0 Å². The van der Waals surface area contributed by atoms with E-state index in [2.05, 4.69) is 46.6 Å². The molecule has 0 aliphatic carbocycles. The van der Waals surface area contributed by atoms with Gasteiger partial charge in [0.2, 0.25) is 0 Å². The van der Waals surface area contributed by atoms with E-state index in [0.717, 1.165) is 17.6 Å². The van der Waals surface area contributed by atoms with Crippen LogP contribution in [0.25, 0.3) is 0 Å². The SMILES string of the molecule is CN=C(NCc1nnc(C)n1C)NCC(OC)C(C)(C)C.I. The van der Waals surface area contributed by atoms with Crippen molar-refractivity contribution < 1.29 is 4.74 Å². The quantitative estimate of drug-likeness (QED) is 0.426. The molecule has 0 fully saturated rings. The second kappa shape index (κ2) is 9.29. The number of methoxy groups -OCH3 is 1. The third-order valence-electron chi connectivity index (χ3n) is 3.53. The molecule has 1 aromatic heterocycles. The van der Waals surface area contributed by atoms with Gasteiger partial charge < -0.3 is 19.9 Å². The Labute approximate surface area is 150 Å². The van der Waals surface area contributed by atoms with E-state index in [4.69, 9.17) is 4.74 Å². The van der Waals surface area contributed by atoms with E-state index in [9.17, 15) is 0 Å². The number of rotatable bonds is 5. The Morgan fingerprint density at radius 2 is 1.95 bits per heavy atom. The average Bonchev–Trinajstić information content (AvgIpc) is 2.73. The lowest BCUT2D eigenvalue weighted by Crippen LogP contribution is -2.45. The van der Waals surface area contributed by atoms with E-state index in [0.29, 0.717) is 13.1 Å². The smallest absolute Gasteiger partial charge is 0.191 e. The van der Waals surface area contributed by atoms with Crippen LogP contribution in [0, 0.1) is 12.3 Å². The standard InChI is InChI=1S/C14H28N6O.HI/c1-10-18-19-12(20(10)6)9-17-13(15-5)16-8-11(21-7)14(2,3)4;/h11H,8-9H2,1-7H3,(H2,15,16,17);1H. The van der Waals surface area contributed by atoms with E-state index in [1.165, 1.54) is 0 Å². The Kier molecular flexibility index (Phi) is 8.91. The van der Waals surface area contributed by atoms with Crippen molar-refractivity contribution in [2.24, 2.45) is 17.5 Å². The van der Waals surface area contributed by atoms with Crippen LogP contribution in [0.15, 0.2) is 4.99 Å². The summed E-state index contributed by atoms with van der Waals surface area (Å²) < 4.78 is 7.47. The first-order valence-electron chi connectivity index (χ1n) is 7.11. The molecule has 0 spiro atoms. The van der Waals surface area contributed by atoms with Crippen molar-refractivity contribution in [3.05, 3.63) is 11.6 Å². The maximum atomic E-state index is 5.52. The van der Waals surface area contributed by atoms with Crippen LogP contribution in [-0.2, 0) is 18.3 Å². The molecule has 1 aromatic rings. The zero-order chi connectivity index (χ0) is 16.0. The predicted molar refractivity (Wildman–Crippen MR) is 99.6 cm³/mol. The van der Waals surface area contributed by atoms with Crippen molar-refractivity contribution in [2.45, 2.75) is 40.3 Å². The van der Waals surface area contributed by atoms with Crippen LogP contribution in [0.3, 0.4) is 0 Å². The minimum atomic E-state index is 0. The number of aromatic nitrogens is 3. The monoisotopic (exact) mass is 424 g/mol. The number of halogens is 1. The lowest BCUT2D eigenvalue weighted by Gasteiger charge is -2.30. The number of aryl methyl sites for hydroxylation is 1. The molecule has 1 atom stereocenters. The van der Waals surface area contributed by atoms with Gasteiger partial charge in [-0.25, -0.2) is 0 Å². The fourth-order valence-electron chi connectivity index (χ4n) is 1.92. The number of nitrogens with zero attached hydrogens (tertiary/aromatic N) is 4. The van der Waals surface area contributed by atoms with Crippen LogP contribution >= 0.6 is 24.0 Å². The Balaban J connectivity index is 0.00000441. The van der Waals surface area contributed by atoms with Crippen LogP contribution in [0.2, 0.25) is 0 Å². The molecular weight excluding hydrogens is 395 g/mol. The largest absolute Gasteiger partial charge is 0.379 e. The van der Waals surface area contributed by atoms with E-state index >= 15 is 0 Å². The molecule has 128 valence electrons. The summed E-state index contributed by atoms with van der Waals surface area (Å²) in [7, 11) is 5.43. The van der Waals surface area contributed by atoms with Crippen molar-refractivity contribution in [1.29, 1.82) is 0 Å². The first-order valence-corrected chi connectivity index (χ1v) is 7.11. The van der Waals surface area contributed by atoms with E-state index in [1.54, 1.807) is 14.2 Å². The molecule has 0 radical (unpaired) electrons. The zero-order valence-electron chi connectivity index (χ0n) is 14.6. The number of ether oxygens (including phenoxy) is 1. The normalized spacial score (nSPS) is 13.5. The zero-order valence-corrected chi connectivity index (χ0v) is 16.9. The lowest BCUT2D eigenvalue weighted by atomic mass is 9.89. The van der Waals surface area contributed by atoms with Crippen molar-refractivity contribution in [2.75, 3.05) is 20.7 Å². The molecule has 0 saturated carbocycles. The van der Waals surface area contributed by atoms with Gasteiger partial charge in [-0.1, -0.05) is 20.8 Å². The summed E-state index contributed by atoms with van der Waals surface area (Å²) in [6, 6.07) is 0. The van der Waals surface area contributed by atoms with Gasteiger partial charge in [0.1, 0.15) is 5.82 Å². The number of hydrogen-bond donors (Lipinski definition) is 2. The highest BCUT2D eigenvalue weighted by Gasteiger charge is 2.24. The molecule has 1 unspecified atom stereocenters. The molecule has 22 heavy (non-hydrogen) atoms. The number of nitrogens with one attached hydrogen (secondary N) is 2. The van der Waals surface area contributed by atoms with Crippen LogP contribution in [0.1, 0.15) is 32.4 Å². The van der Waals surface area contributed by atoms with E-state index in [1.807, 2.05) is 18.5 Å². The van der Waals surface area contributed by atoms with Gasteiger partial charge in [0.25, 0.3) is 0 Å². The molecule has 2 N–H and O–H groups in total. The fourth-order valence-corrected chi connectivity index (χ4v) is 1.92. The molecule has 7 nitrogen and oxygen atoms in total. The molecule has 8 heteroatoms. The number of aliphatic imine (C=N–C) groups is 1. The first-order chi connectivity index (χ1) is 9.79. The molecule has 0 aliphatic heterocycles. The predicted octanol–water partition coefficient (Wildman–Crippen LogP) is 1.47. The van der Waals surface area contributed by atoms with Crippen LogP contribution in [0.5, 0.6) is 0 Å². The summed E-state index contributed by atoms with van der Waals surface area (Å²) in [5, 5.41) is 14.7. The van der Waals surface area contributed by atoms with Crippen molar-refractivity contribution in [3.63, 3.8) is 0 Å². The van der Waals surface area contributed by atoms with Crippen LogP contribution < -0.4 is 10.6 Å². The number of guanidine groups is 1. The Morgan fingerprint density at radius 3 is 2.36 bits per heavy atom. The number of hydrogen-bond acceptors (Lipinski definition) is 4. The van der Waals surface area contributed by atoms with Crippen LogP contribution in [0.4, 0.5) is 0 Å². The van der Waals surface area contributed by atoms with Gasteiger partial charge in [0.15, 0.2) is 11.8 Å². The maximum Gasteiger partial charge on any atom is 0.191 e. The molecule has 1 rings (SSSR count). The highest BCUT2D eigenvalue weighted by Crippen LogP contribution is 2.20. The van der Waals surface area contributed by atoms with Gasteiger partial charge >= 0.3 is 0 Å². The Bertz CT molecular complexity index is 480. The van der Waals surface area contributed by atoms with Crippen molar-refractivity contribution in [1.82, 2.24) is 25.4 Å². The van der Waals surface area contributed by atoms with Gasteiger partial charge in [0.05, 0.1) is 12.6 Å². The van der Waals surface area contributed by atoms with Crippen LogP contribution in [-0.4, -0.2) is 47.5 Å². The van der Waals surface area contributed by atoms with Gasteiger partial charge in [0, 0.05) is 27.7 Å². The van der Waals surface area contributed by atoms with Gasteiger partial charge in [-0.3, -0.25) is 4.99 Å². The van der Waals surface area contributed by atoms with Gasteiger partial charge in [-0.05, 0) is 12.3 Å². The van der Waals surface area contributed by atoms with Crippen molar-refractivity contribution >= 4 is 29.9 Å². The van der Waals surface area contributed by atoms with E-state index in [-0.39, 0.29) is 35.5 Å². The minimum Gasteiger partial charge on any atom is -0.379 e. The molecule has 0 amide bonds. The Morgan fingerprint density at radius 1 is 1.32 bits per heavy atom. The second-order valence-electron chi connectivity index (χ2n) is 6.12. The van der Waals surface area contributed by atoms with Crippen molar-refractivity contribution in [3.8, 4) is 0 Å². The lowest BCUT2D eigenvalue weighted by molar-refractivity contribution is 0.0205. The molecule has 0 aliphatic rings. The molecule has 0 saturated heterocycles. The third-order valence-corrected chi connectivity index (χ3v) is 3.53. The third kappa shape index (κ3) is 6.07. The highest BCUT2D eigenvalue weighted by atomic mass is 127. The van der Waals surface area contributed by atoms with Gasteiger partial charge in [-0.15, -0.1) is 34.2 Å². The Hall–Kier alpha value is -0.900. The summed E-state index contributed by atoms with van der Waals surface area (Å²) in [6.07, 6.45) is 0.105. The topological polar surface area (TPSA) is 76.4 Å². The summed E-state index contributed by atoms with van der Waals surface area (Å²) in [4.78, 5) is 4.21. The summed E-state index contributed by atoms with van der Waals surface area (Å²) in [5.41, 5.74) is 0.0707. The molecule has 1 heterocycles. The summed E-state index contributed by atoms with van der Waals surface area (Å²) >= 11 is 0.